The molecule has 7 heteroatoms. The number of halogens is 2. The number of nitrogens with one attached hydrogen (secondary N) is 1. The number of amides is 3. The highest BCUT2D eigenvalue weighted by molar-refractivity contribution is 9.10. The molecule has 1 saturated carbocycles. The van der Waals surface area contributed by atoms with Crippen LogP contribution in [0.4, 0.5) is 4.39 Å². The van der Waals surface area contributed by atoms with Gasteiger partial charge in [0.2, 0.25) is 17.7 Å². The summed E-state index contributed by atoms with van der Waals surface area (Å²) in [4.78, 5) is 38.3. The number of fused-ring (bicyclic) bond motifs is 5. The minimum absolute atomic E-state index is 0.145. The van der Waals surface area contributed by atoms with E-state index in [2.05, 4.69) is 21.2 Å². The van der Waals surface area contributed by atoms with Crippen LogP contribution in [-0.4, -0.2) is 35.7 Å². The number of carbonyl (C=O) groups is 3. The molecule has 0 spiro atoms. The number of hydrogen-bond acceptors (Lipinski definition) is 3. The lowest BCUT2D eigenvalue weighted by molar-refractivity contribution is -0.144. The van der Waals surface area contributed by atoms with E-state index in [1.54, 1.807) is 12.1 Å². The number of nitrogens with zero attached hydrogens (tertiary/aromatic N) is 1. The average Bonchev–Trinajstić information content (AvgIpc) is 3.28. The highest BCUT2D eigenvalue weighted by Crippen LogP contribution is 2.52. The average molecular weight is 421 g/mol. The van der Waals surface area contributed by atoms with Crippen molar-refractivity contribution >= 4 is 33.7 Å². The van der Waals surface area contributed by atoms with Gasteiger partial charge in [-0.2, -0.15) is 0 Å². The number of allylic oxidation sites excluding steroid dienone is 2. The van der Waals surface area contributed by atoms with Gasteiger partial charge >= 0.3 is 0 Å². The van der Waals surface area contributed by atoms with Gasteiger partial charge in [-0.3, -0.25) is 19.3 Å². The fourth-order valence-corrected chi connectivity index (χ4v) is 4.79. The summed E-state index contributed by atoms with van der Waals surface area (Å²) in [6.07, 6.45) is 5.47. The van der Waals surface area contributed by atoms with Gasteiger partial charge in [0.1, 0.15) is 12.4 Å². The van der Waals surface area contributed by atoms with Gasteiger partial charge in [0.15, 0.2) is 0 Å². The Bertz CT molecular complexity index is 795. The van der Waals surface area contributed by atoms with Crippen molar-refractivity contribution in [2.75, 3.05) is 13.1 Å². The van der Waals surface area contributed by atoms with Crippen LogP contribution in [0, 0.1) is 29.5 Å². The normalized spacial score (nSPS) is 28.8. The second-order valence-corrected chi connectivity index (χ2v) is 7.97. The molecule has 136 valence electrons. The van der Waals surface area contributed by atoms with E-state index in [4.69, 9.17) is 0 Å². The van der Waals surface area contributed by atoms with Gasteiger partial charge in [0.25, 0.3) is 0 Å². The molecule has 3 aliphatic rings. The molecule has 1 aromatic rings. The molecule has 3 amide bonds. The molecule has 1 aliphatic heterocycles. The SMILES string of the molecule is O=C(CN1C(=O)[C@H]2[C@H](C1=O)[C@H]1C=C[C@H]2C1)NCCc1ccc(F)c(Br)c1. The number of hydrogen-bond donors (Lipinski definition) is 1. The molecule has 1 heterocycles. The van der Waals surface area contributed by atoms with E-state index in [0.717, 1.165) is 16.9 Å². The standard InChI is InChI=1S/C19H18BrFN2O3/c20-13-7-10(1-4-14(13)21)5-6-22-15(24)9-23-18(25)16-11-2-3-12(8-11)17(16)19(23)26/h1-4,7,11-12,16-17H,5-6,8-9H2,(H,22,24)/t11-,12-,16+,17+/m0/s1. The summed E-state index contributed by atoms with van der Waals surface area (Å²) in [7, 11) is 0. The second-order valence-electron chi connectivity index (χ2n) is 7.11. The van der Waals surface area contributed by atoms with E-state index in [-0.39, 0.29) is 53.8 Å². The van der Waals surface area contributed by atoms with Crippen molar-refractivity contribution in [3.05, 3.63) is 46.2 Å². The fraction of sp³-hybridized carbons (Fsp3) is 0.421. The van der Waals surface area contributed by atoms with Crippen LogP contribution in [0.5, 0.6) is 0 Å². The van der Waals surface area contributed by atoms with Crippen molar-refractivity contribution in [2.24, 2.45) is 23.7 Å². The van der Waals surface area contributed by atoms with E-state index < -0.39 is 0 Å². The van der Waals surface area contributed by atoms with Gasteiger partial charge in [0, 0.05) is 6.54 Å². The lowest BCUT2D eigenvalue weighted by atomic mass is 9.85. The summed E-state index contributed by atoms with van der Waals surface area (Å²) in [5, 5.41) is 2.73. The molecule has 2 aliphatic carbocycles. The maximum atomic E-state index is 13.2. The first-order chi connectivity index (χ1) is 12.5. The molecular formula is C19H18BrFN2O3. The quantitative estimate of drug-likeness (QED) is 0.585. The van der Waals surface area contributed by atoms with Gasteiger partial charge in [0.05, 0.1) is 16.3 Å². The van der Waals surface area contributed by atoms with Gasteiger partial charge in [-0.25, -0.2) is 4.39 Å². The third-order valence-electron chi connectivity index (χ3n) is 5.58. The summed E-state index contributed by atoms with van der Waals surface area (Å²) in [5.41, 5.74) is 0.879. The first kappa shape index (κ1) is 17.4. The minimum Gasteiger partial charge on any atom is -0.354 e. The predicted molar refractivity (Wildman–Crippen MR) is 95.3 cm³/mol. The Labute approximate surface area is 158 Å². The van der Waals surface area contributed by atoms with Crippen LogP contribution in [0.1, 0.15) is 12.0 Å². The maximum absolute atomic E-state index is 13.2. The molecule has 4 rings (SSSR count). The monoisotopic (exact) mass is 420 g/mol. The molecule has 5 nitrogen and oxygen atoms in total. The van der Waals surface area contributed by atoms with Crippen molar-refractivity contribution in [3.8, 4) is 0 Å². The van der Waals surface area contributed by atoms with Crippen molar-refractivity contribution in [1.82, 2.24) is 10.2 Å². The molecule has 1 saturated heterocycles. The molecular weight excluding hydrogens is 403 g/mol. The molecule has 1 N–H and O–H groups in total. The summed E-state index contributed by atoms with van der Waals surface area (Å²) >= 11 is 3.13. The Kier molecular flexibility index (Phi) is 4.42. The van der Waals surface area contributed by atoms with Crippen LogP contribution in [-0.2, 0) is 20.8 Å². The molecule has 2 bridgehead atoms. The second kappa shape index (κ2) is 6.61. The molecule has 0 unspecified atom stereocenters. The number of rotatable bonds is 5. The van der Waals surface area contributed by atoms with Gasteiger partial charge in [-0.05, 0) is 58.3 Å². The van der Waals surface area contributed by atoms with Crippen molar-refractivity contribution in [3.63, 3.8) is 0 Å². The topological polar surface area (TPSA) is 66.5 Å². The Morgan fingerprint density at radius 2 is 1.85 bits per heavy atom. The van der Waals surface area contributed by atoms with Crippen molar-refractivity contribution < 1.29 is 18.8 Å². The van der Waals surface area contributed by atoms with Gasteiger partial charge in [-0.15, -0.1) is 0 Å². The Morgan fingerprint density at radius 3 is 2.46 bits per heavy atom. The summed E-state index contributed by atoms with van der Waals surface area (Å²) in [6, 6.07) is 4.69. The maximum Gasteiger partial charge on any atom is 0.240 e. The van der Waals surface area contributed by atoms with Crippen molar-refractivity contribution in [2.45, 2.75) is 12.8 Å². The molecule has 0 radical (unpaired) electrons. The zero-order chi connectivity index (χ0) is 18.4. The van der Waals surface area contributed by atoms with Crippen LogP contribution in [0.15, 0.2) is 34.8 Å². The van der Waals surface area contributed by atoms with E-state index in [9.17, 15) is 18.8 Å². The molecule has 4 atom stereocenters. The Hall–Kier alpha value is -2.02. The molecule has 0 aromatic heterocycles. The van der Waals surface area contributed by atoms with Crippen LogP contribution in [0.2, 0.25) is 0 Å². The molecule has 2 fully saturated rings. The number of likely N-dealkylation sites (tertiary alicyclic amines) is 1. The van der Waals surface area contributed by atoms with Crippen LogP contribution in [0.3, 0.4) is 0 Å². The lowest BCUT2D eigenvalue weighted by Gasteiger charge is -2.16. The molecule has 1 aromatic carbocycles. The molecule has 26 heavy (non-hydrogen) atoms. The largest absolute Gasteiger partial charge is 0.354 e. The van der Waals surface area contributed by atoms with E-state index in [1.807, 2.05) is 12.2 Å². The minimum atomic E-state index is -0.354. The first-order valence-corrected chi connectivity index (χ1v) is 9.49. The number of imide groups is 1. The van der Waals surface area contributed by atoms with Gasteiger partial charge < -0.3 is 5.32 Å². The Morgan fingerprint density at radius 1 is 1.19 bits per heavy atom. The van der Waals surface area contributed by atoms with Crippen molar-refractivity contribution in [1.29, 1.82) is 0 Å². The smallest absolute Gasteiger partial charge is 0.240 e. The van der Waals surface area contributed by atoms with Crippen LogP contribution in [0.25, 0.3) is 0 Å². The van der Waals surface area contributed by atoms with E-state index >= 15 is 0 Å². The van der Waals surface area contributed by atoms with Crippen LogP contribution < -0.4 is 5.32 Å². The third kappa shape index (κ3) is 2.88. The lowest BCUT2D eigenvalue weighted by Crippen LogP contribution is -2.42. The highest BCUT2D eigenvalue weighted by Gasteiger charge is 2.59. The highest BCUT2D eigenvalue weighted by atomic mass is 79.9. The number of benzene rings is 1. The summed E-state index contributed by atoms with van der Waals surface area (Å²) < 4.78 is 13.6. The Balaban J connectivity index is 1.31. The van der Waals surface area contributed by atoms with Gasteiger partial charge in [-0.1, -0.05) is 18.2 Å². The zero-order valence-electron chi connectivity index (χ0n) is 14.0. The first-order valence-electron chi connectivity index (χ1n) is 8.70. The number of carbonyl (C=O) groups excluding carboxylic acids is 3. The fourth-order valence-electron chi connectivity index (χ4n) is 4.36. The van der Waals surface area contributed by atoms with E-state index in [0.29, 0.717) is 17.4 Å². The zero-order valence-corrected chi connectivity index (χ0v) is 15.5. The van der Waals surface area contributed by atoms with E-state index in [1.165, 1.54) is 6.07 Å². The third-order valence-corrected chi connectivity index (χ3v) is 6.19. The predicted octanol–water partition coefficient (Wildman–Crippen LogP) is 2.05. The van der Waals surface area contributed by atoms with Crippen LogP contribution >= 0.6 is 15.9 Å². The summed E-state index contributed by atoms with van der Waals surface area (Å²) in [6.45, 7) is 0.129. The summed E-state index contributed by atoms with van der Waals surface area (Å²) in [5.74, 6) is -1.38.